The molecule has 10 heavy (non-hydrogen) atoms. The van der Waals surface area contributed by atoms with Crippen LogP contribution in [0.1, 0.15) is 0 Å². The maximum absolute atomic E-state index is 5.87. The van der Waals surface area contributed by atoms with Gasteiger partial charge in [0.15, 0.2) is 0 Å². The first kappa shape index (κ1) is 7.61. The topological polar surface area (TPSA) is 6.25 Å². The lowest BCUT2D eigenvalue weighted by Crippen LogP contribution is -2.17. The Morgan fingerprint density at radius 3 is 1.90 bits per heavy atom. The first-order valence-corrected chi connectivity index (χ1v) is 3.55. The summed E-state index contributed by atoms with van der Waals surface area (Å²) in [6.45, 7) is 0. The molecular formula is C7H12ClN2+. The minimum Gasteiger partial charge on any atom is -0.371 e. The zero-order valence-electron chi connectivity index (χ0n) is 6.77. The van der Waals surface area contributed by atoms with Crippen LogP contribution >= 0.6 is 11.6 Å². The van der Waals surface area contributed by atoms with Crippen LogP contribution in [0, 0.1) is 0 Å². The van der Waals surface area contributed by atoms with Crippen molar-refractivity contribution in [2.75, 3.05) is 33.1 Å². The summed E-state index contributed by atoms with van der Waals surface area (Å²) in [5, 5.41) is 2.06. The highest BCUT2D eigenvalue weighted by Crippen LogP contribution is 2.24. The van der Waals surface area contributed by atoms with Gasteiger partial charge in [-0.3, -0.25) is 0 Å². The Bertz CT molecular complexity index is 262. The average molecular weight is 160 g/mol. The summed E-state index contributed by atoms with van der Waals surface area (Å²) in [5.41, 5.74) is 1.16. The lowest BCUT2D eigenvalue weighted by atomic mass is 10.7. The molecule has 0 bridgehead atoms. The molecule has 0 N–H and O–H groups in total. The van der Waals surface area contributed by atoms with E-state index in [0.29, 0.717) is 0 Å². The van der Waals surface area contributed by atoms with Gasteiger partial charge in [-0.1, -0.05) is 11.6 Å². The van der Waals surface area contributed by atoms with E-state index in [-0.39, 0.29) is 0 Å². The molecule has 0 aliphatic heterocycles. The highest BCUT2D eigenvalue weighted by molar-refractivity contribution is 6.36. The summed E-state index contributed by atoms with van der Waals surface area (Å²) < 4.78 is 2.03. The van der Waals surface area contributed by atoms with Gasteiger partial charge in [0.1, 0.15) is 24.8 Å². The maximum atomic E-state index is 5.87. The van der Waals surface area contributed by atoms with Gasteiger partial charge in [-0.05, 0) is 0 Å². The summed E-state index contributed by atoms with van der Waals surface area (Å²) >= 11 is 5.87. The number of hydrogen-bond acceptors (Lipinski definition) is 1. The normalized spacial score (nSPS) is 10.5. The maximum Gasteiger partial charge on any atom is 0.246 e. The number of rotatable bonds is 1. The molecule has 0 aromatic heterocycles. The molecule has 1 rings (SSSR count). The van der Waals surface area contributed by atoms with Gasteiger partial charge in [0.05, 0.1) is 0 Å². The van der Waals surface area contributed by atoms with Gasteiger partial charge >= 0.3 is 0 Å². The van der Waals surface area contributed by atoms with Crippen LogP contribution in [-0.2, 0) is 0 Å². The van der Waals surface area contributed by atoms with Crippen LogP contribution in [-0.4, -0.2) is 28.2 Å². The Kier molecular flexibility index (Phi) is 1.73. The molecule has 0 amide bonds. The molecule has 0 unspecified atom stereocenters. The van der Waals surface area contributed by atoms with E-state index in [4.69, 9.17) is 11.6 Å². The summed E-state index contributed by atoms with van der Waals surface area (Å²) in [6.07, 6.45) is 0. The standard InChI is InChI=1S/C7H12ClN2/c1-9(2)6-5(8)7(6)10(3)4/h1-4H3/q+1. The third-order valence-corrected chi connectivity index (χ3v) is 1.83. The van der Waals surface area contributed by atoms with Gasteiger partial charge in [-0.25, -0.2) is 4.58 Å². The van der Waals surface area contributed by atoms with Crippen molar-refractivity contribution in [3.63, 3.8) is 0 Å². The quantitative estimate of drug-likeness (QED) is 0.535. The van der Waals surface area contributed by atoms with Crippen molar-refractivity contribution >= 4 is 17.3 Å². The van der Waals surface area contributed by atoms with Crippen LogP contribution in [0.2, 0.25) is 5.02 Å². The lowest BCUT2D eigenvalue weighted by molar-refractivity contribution is 0.830. The fourth-order valence-corrected chi connectivity index (χ4v) is 1.43. The highest BCUT2D eigenvalue weighted by atomic mass is 35.5. The molecule has 56 valence electrons. The van der Waals surface area contributed by atoms with E-state index in [1.807, 2.05) is 37.7 Å². The molecule has 0 heterocycles. The van der Waals surface area contributed by atoms with E-state index in [0.717, 1.165) is 16.1 Å². The molecule has 0 saturated carbocycles. The predicted molar refractivity (Wildman–Crippen MR) is 45.3 cm³/mol. The zero-order chi connectivity index (χ0) is 7.89. The van der Waals surface area contributed by atoms with E-state index >= 15 is 0 Å². The Morgan fingerprint density at radius 1 is 1.30 bits per heavy atom. The van der Waals surface area contributed by atoms with Crippen molar-refractivity contribution in [2.24, 2.45) is 0 Å². The fourth-order valence-electron chi connectivity index (χ4n) is 0.963. The molecule has 1 aromatic carbocycles. The van der Waals surface area contributed by atoms with Crippen molar-refractivity contribution in [3.8, 4) is 0 Å². The summed E-state index contributed by atoms with van der Waals surface area (Å²) in [4.78, 5) is 2.03. The second-order valence-electron chi connectivity index (χ2n) is 2.80. The molecule has 0 radical (unpaired) electrons. The minimum atomic E-state index is 0.898. The van der Waals surface area contributed by atoms with Crippen LogP contribution in [0.25, 0.3) is 0 Å². The van der Waals surface area contributed by atoms with Gasteiger partial charge in [0.25, 0.3) is 0 Å². The van der Waals surface area contributed by atoms with E-state index in [9.17, 15) is 0 Å². The van der Waals surface area contributed by atoms with E-state index in [2.05, 4.69) is 0 Å². The molecule has 2 nitrogen and oxygen atoms in total. The molecule has 1 aromatic rings. The summed E-state index contributed by atoms with van der Waals surface area (Å²) in [5.74, 6) is 0. The number of halogens is 1. The first-order valence-electron chi connectivity index (χ1n) is 3.18. The van der Waals surface area contributed by atoms with Crippen LogP contribution in [0.3, 0.4) is 0 Å². The van der Waals surface area contributed by atoms with E-state index in [1.165, 1.54) is 0 Å². The fraction of sp³-hybridized carbons (Fsp3) is 0.571. The number of nitrogens with zero attached hydrogens (tertiary/aromatic N) is 2. The van der Waals surface area contributed by atoms with E-state index < -0.39 is 0 Å². The van der Waals surface area contributed by atoms with Crippen molar-refractivity contribution in [3.05, 3.63) is 10.4 Å². The van der Waals surface area contributed by atoms with Crippen LogP contribution in [0.5, 0.6) is 0 Å². The third-order valence-electron chi connectivity index (χ3n) is 1.47. The number of anilines is 1. The van der Waals surface area contributed by atoms with Crippen LogP contribution in [0.4, 0.5) is 5.69 Å². The highest BCUT2D eigenvalue weighted by Gasteiger charge is 2.26. The largest absolute Gasteiger partial charge is 0.371 e. The van der Waals surface area contributed by atoms with Crippen molar-refractivity contribution in [2.45, 2.75) is 0 Å². The van der Waals surface area contributed by atoms with Gasteiger partial charge < -0.3 is 4.90 Å². The van der Waals surface area contributed by atoms with Gasteiger partial charge in [0, 0.05) is 14.1 Å². The zero-order valence-corrected chi connectivity index (χ0v) is 7.53. The van der Waals surface area contributed by atoms with Gasteiger partial charge in [0.2, 0.25) is 5.36 Å². The Hall–Kier alpha value is -0.500. The second-order valence-corrected chi connectivity index (χ2v) is 3.18. The molecule has 0 atom stereocenters. The summed E-state index contributed by atoms with van der Waals surface area (Å²) in [7, 11) is 7.98. The molecule has 3 heteroatoms. The lowest BCUT2D eigenvalue weighted by Gasteiger charge is -2.00. The molecule has 0 aliphatic rings. The Morgan fingerprint density at radius 2 is 1.80 bits per heavy atom. The number of hydrogen-bond donors (Lipinski definition) is 0. The second kappa shape index (κ2) is 2.27. The molecule has 0 fully saturated rings. The monoisotopic (exact) mass is 159 g/mol. The smallest absolute Gasteiger partial charge is 0.246 e. The minimum absolute atomic E-state index is 0.898. The third kappa shape index (κ3) is 1.03. The van der Waals surface area contributed by atoms with Crippen LogP contribution < -0.4 is 14.8 Å². The first-order chi connectivity index (χ1) is 4.55. The van der Waals surface area contributed by atoms with Crippen molar-refractivity contribution < 1.29 is 0 Å². The van der Waals surface area contributed by atoms with Gasteiger partial charge in [-0.2, -0.15) is 0 Å². The Labute approximate surface area is 66.0 Å². The SMILES string of the molecule is CN(C)c1c(Cl)c1=[N+](C)C. The molecule has 0 spiro atoms. The molecule has 0 saturated heterocycles. The molecular weight excluding hydrogens is 148 g/mol. The molecule has 0 aliphatic carbocycles. The van der Waals surface area contributed by atoms with Crippen molar-refractivity contribution in [1.82, 2.24) is 4.58 Å². The average Bonchev–Trinajstić information content (AvgIpc) is 2.40. The Balaban J connectivity index is 3.02. The van der Waals surface area contributed by atoms with E-state index in [1.54, 1.807) is 0 Å². The van der Waals surface area contributed by atoms with Crippen molar-refractivity contribution in [1.29, 1.82) is 0 Å². The van der Waals surface area contributed by atoms with Gasteiger partial charge in [-0.15, -0.1) is 0 Å². The summed E-state index contributed by atoms with van der Waals surface area (Å²) in [6, 6.07) is 0. The predicted octanol–water partition coefficient (Wildman–Crippen LogP) is 0.313. The van der Waals surface area contributed by atoms with Crippen LogP contribution in [0.15, 0.2) is 0 Å².